The topological polar surface area (TPSA) is 46.2 Å². The molecule has 0 unspecified atom stereocenters. The summed E-state index contributed by atoms with van der Waals surface area (Å²) in [7, 11) is -3.33. The third kappa shape index (κ3) is 4.20. The summed E-state index contributed by atoms with van der Waals surface area (Å²) in [6, 6.07) is 8.33. The molecule has 0 atom stereocenters. The molecule has 0 bridgehead atoms. The van der Waals surface area contributed by atoms with Crippen molar-refractivity contribution in [3.05, 3.63) is 30.3 Å². The van der Waals surface area contributed by atoms with Gasteiger partial charge in [-0.2, -0.15) is 0 Å². The Kier molecular flexibility index (Phi) is 5.08. The highest BCUT2D eigenvalue weighted by molar-refractivity contribution is 7.89. The number of nitrogens with one attached hydrogen (secondary N) is 1. The van der Waals surface area contributed by atoms with Crippen LogP contribution in [-0.2, 0) is 10.0 Å². The van der Waals surface area contributed by atoms with Gasteiger partial charge in [-0.1, -0.05) is 18.2 Å². The average molecular weight is 248 g/mol. The molecule has 5 heteroatoms. The van der Waals surface area contributed by atoms with Crippen LogP contribution in [0, 0.1) is 0 Å². The van der Waals surface area contributed by atoms with Crippen molar-refractivity contribution in [3.63, 3.8) is 0 Å². The fourth-order valence-electron chi connectivity index (χ4n) is 1.11. The van der Waals surface area contributed by atoms with Crippen LogP contribution in [0.3, 0.4) is 0 Å². The smallest absolute Gasteiger partial charge is 0.211 e. The van der Waals surface area contributed by atoms with Crippen molar-refractivity contribution in [1.82, 2.24) is 4.72 Å². The third-order valence-electron chi connectivity index (χ3n) is 1.91. The molecule has 1 N–H and O–H groups in total. The molecule has 0 aliphatic carbocycles. The lowest BCUT2D eigenvalue weighted by Crippen LogP contribution is -2.24. The van der Waals surface area contributed by atoms with Crippen molar-refractivity contribution in [3.8, 4) is 0 Å². The maximum Gasteiger partial charge on any atom is 0.240 e. The molecular weight excluding hydrogens is 234 g/mol. The van der Waals surface area contributed by atoms with Crippen molar-refractivity contribution >= 4 is 21.6 Å². The molecule has 0 heterocycles. The van der Waals surface area contributed by atoms with Crippen LogP contribution in [0.15, 0.2) is 35.2 Å². The Bertz CT molecular complexity index is 378. The van der Waals surface area contributed by atoms with Crippen molar-refractivity contribution in [2.75, 3.05) is 12.4 Å². The largest absolute Gasteiger partial charge is 0.240 e. The van der Waals surface area contributed by atoms with Crippen molar-refractivity contribution in [1.29, 1.82) is 0 Å². The molecule has 1 aromatic rings. The van der Waals surface area contributed by atoms with Gasteiger partial charge in [0.1, 0.15) is 0 Å². The fourth-order valence-corrected chi connectivity index (χ4v) is 2.39. The Morgan fingerprint density at radius 1 is 1.13 bits per heavy atom. The summed E-state index contributed by atoms with van der Waals surface area (Å²) in [5.74, 6) is 0.563. The number of unbranched alkanes of at least 4 members (excludes halogenated alkanes) is 1. The molecule has 0 saturated carbocycles. The van der Waals surface area contributed by atoms with Crippen LogP contribution in [0.1, 0.15) is 12.8 Å². The Balaban J connectivity index is 2.53. The van der Waals surface area contributed by atoms with Crippen LogP contribution in [0.25, 0.3) is 0 Å². The summed E-state index contributed by atoms with van der Waals surface area (Å²) in [6.07, 6.45) is 1.58. The van der Waals surface area contributed by atoms with Crippen molar-refractivity contribution < 1.29 is 8.42 Å². The molecule has 1 rings (SSSR count). The van der Waals surface area contributed by atoms with Gasteiger partial charge in [-0.05, 0) is 25.0 Å². The zero-order valence-corrected chi connectivity index (χ0v) is 9.89. The van der Waals surface area contributed by atoms with E-state index in [4.69, 9.17) is 11.6 Å². The van der Waals surface area contributed by atoms with E-state index in [1.807, 2.05) is 0 Å². The van der Waals surface area contributed by atoms with E-state index in [-0.39, 0.29) is 0 Å². The molecule has 0 aromatic heterocycles. The molecule has 0 aliphatic heterocycles. The number of alkyl halides is 1. The van der Waals surface area contributed by atoms with E-state index in [0.29, 0.717) is 17.3 Å². The van der Waals surface area contributed by atoms with Gasteiger partial charge < -0.3 is 0 Å². The minimum atomic E-state index is -3.33. The third-order valence-corrected chi connectivity index (χ3v) is 3.65. The quantitative estimate of drug-likeness (QED) is 0.617. The monoisotopic (exact) mass is 247 g/mol. The highest BCUT2D eigenvalue weighted by Crippen LogP contribution is 2.06. The van der Waals surface area contributed by atoms with Gasteiger partial charge in [0, 0.05) is 12.4 Å². The summed E-state index contributed by atoms with van der Waals surface area (Å²) in [4.78, 5) is 0.302. The molecule has 0 amide bonds. The number of hydrogen-bond acceptors (Lipinski definition) is 2. The van der Waals surface area contributed by atoms with Crippen LogP contribution in [0.5, 0.6) is 0 Å². The highest BCUT2D eigenvalue weighted by Gasteiger charge is 2.11. The number of rotatable bonds is 6. The Morgan fingerprint density at radius 2 is 1.80 bits per heavy atom. The second kappa shape index (κ2) is 6.10. The maximum absolute atomic E-state index is 11.7. The lowest BCUT2D eigenvalue weighted by molar-refractivity contribution is 0.578. The first-order valence-electron chi connectivity index (χ1n) is 4.77. The lowest BCUT2D eigenvalue weighted by Gasteiger charge is -2.05. The summed E-state index contributed by atoms with van der Waals surface area (Å²) >= 11 is 5.49. The minimum Gasteiger partial charge on any atom is -0.211 e. The second-order valence-corrected chi connectivity index (χ2v) is 5.25. The minimum absolute atomic E-state index is 0.302. The van der Waals surface area contributed by atoms with Gasteiger partial charge in [-0.25, -0.2) is 13.1 Å². The first-order valence-corrected chi connectivity index (χ1v) is 6.79. The predicted molar refractivity (Wildman–Crippen MR) is 61.6 cm³/mol. The molecule has 15 heavy (non-hydrogen) atoms. The molecule has 84 valence electrons. The van der Waals surface area contributed by atoms with Crippen LogP contribution in [0.4, 0.5) is 0 Å². The zero-order chi connectivity index (χ0) is 11.1. The molecule has 3 nitrogen and oxygen atoms in total. The molecule has 0 fully saturated rings. The van der Waals surface area contributed by atoms with Gasteiger partial charge in [-0.3, -0.25) is 0 Å². The van der Waals surface area contributed by atoms with Gasteiger partial charge in [0.2, 0.25) is 10.0 Å². The molecule has 0 radical (unpaired) electrons. The molecule has 1 aromatic carbocycles. The maximum atomic E-state index is 11.7. The molecule has 0 saturated heterocycles. The Hall–Kier alpha value is -0.580. The van der Waals surface area contributed by atoms with E-state index in [1.165, 1.54) is 0 Å². The zero-order valence-electron chi connectivity index (χ0n) is 8.32. The molecule has 0 spiro atoms. The summed E-state index contributed by atoms with van der Waals surface area (Å²) < 4.78 is 25.8. The van der Waals surface area contributed by atoms with Gasteiger partial charge in [0.15, 0.2) is 0 Å². The normalized spacial score (nSPS) is 11.5. The second-order valence-electron chi connectivity index (χ2n) is 3.11. The summed E-state index contributed by atoms with van der Waals surface area (Å²) in [6.45, 7) is 0.434. The van der Waals surface area contributed by atoms with Crippen molar-refractivity contribution in [2.45, 2.75) is 17.7 Å². The predicted octanol–water partition coefficient (Wildman–Crippen LogP) is 1.98. The average Bonchev–Trinajstić information content (AvgIpc) is 2.26. The first kappa shape index (κ1) is 12.5. The number of halogens is 1. The first-order chi connectivity index (χ1) is 7.17. The Morgan fingerprint density at radius 3 is 2.40 bits per heavy atom. The van der Waals surface area contributed by atoms with Crippen LogP contribution < -0.4 is 4.72 Å². The van der Waals surface area contributed by atoms with Gasteiger partial charge in [-0.15, -0.1) is 11.6 Å². The number of hydrogen-bond donors (Lipinski definition) is 1. The standard InChI is InChI=1S/C10H14ClNO2S/c11-8-4-5-9-12-15(13,14)10-6-2-1-3-7-10/h1-3,6-7,12H,4-5,8-9H2. The van der Waals surface area contributed by atoms with Gasteiger partial charge >= 0.3 is 0 Å². The molecule has 0 aliphatic rings. The fraction of sp³-hybridized carbons (Fsp3) is 0.400. The van der Waals surface area contributed by atoms with E-state index in [0.717, 1.165) is 12.8 Å². The lowest BCUT2D eigenvalue weighted by atomic mass is 10.3. The summed E-state index contributed by atoms with van der Waals surface area (Å²) in [5.41, 5.74) is 0. The molecular formula is C10H14ClNO2S. The SMILES string of the molecule is O=S(=O)(NCCCCCl)c1ccccc1. The summed E-state index contributed by atoms with van der Waals surface area (Å²) in [5, 5.41) is 0. The number of benzene rings is 1. The highest BCUT2D eigenvalue weighted by atomic mass is 35.5. The van der Waals surface area contributed by atoms with Crippen LogP contribution in [0.2, 0.25) is 0 Å². The number of sulfonamides is 1. The van der Waals surface area contributed by atoms with Crippen LogP contribution >= 0.6 is 11.6 Å². The van der Waals surface area contributed by atoms with E-state index in [9.17, 15) is 8.42 Å². The van der Waals surface area contributed by atoms with E-state index >= 15 is 0 Å². The van der Waals surface area contributed by atoms with E-state index in [1.54, 1.807) is 30.3 Å². The van der Waals surface area contributed by atoms with Crippen LogP contribution in [-0.4, -0.2) is 20.8 Å². The van der Waals surface area contributed by atoms with Gasteiger partial charge in [0.25, 0.3) is 0 Å². The van der Waals surface area contributed by atoms with E-state index < -0.39 is 10.0 Å². The Labute approximate surface area is 95.5 Å². The van der Waals surface area contributed by atoms with Crippen molar-refractivity contribution in [2.24, 2.45) is 0 Å². The van der Waals surface area contributed by atoms with Gasteiger partial charge in [0.05, 0.1) is 4.90 Å². The van der Waals surface area contributed by atoms with E-state index in [2.05, 4.69) is 4.72 Å².